The molecule has 20 heavy (non-hydrogen) atoms. The molecule has 0 spiro atoms. The van der Waals surface area contributed by atoms with Crippen molar-refractivity contribution in [1.29, 1.82) is 0 Å². The second-order valence-corrected chi connectivity index (χ2v) is 4.99. The van der Waals surface area contributed by atoms with E-state index in [1.54, 1.807) is 0 Å². The third-order valence-corrected chi connectivity index (χ3v) is 3.44. The van der Waals surface area contributed by atoms with E-state index in [1.165, 1.54) is 0 Å². The summed E-state index contributed by atoms with van der Waals surface area (Å²) < 4.78 is 5.66. The fraction of sp³-hybridized carbons (Fsp3) is 0.429. The topological polar surface area (TPSA) is 57.4 Å². The van der Waals surface area contributed by atoms with Crippen molar-refractivity contribution in [3.05, 3.63) is 36.2 Å². The first-order chi connectivity index (χ1) is 9.81. The fourth-order valence-corrected chi connectivity index (χ4v) is 2.17. The highest BCUT2D eigenvalue weighted by atomic mass is 16.4. The lowest BCUT2D eigenvalue weighted by atomic mass is 10.2. The molecule has 1 aliphatic rings. The summed E-state index contributed by atoms with van der Waals surface area (Å²) in [6, 6.07) is 9.81. The van der Waals surface area contributed by atoms with E-state index in [9.17, 15) is 0 Å². The maximum absolute atomic E-state index is 5.66. The Morgan fingerprint density at radius 2 is 1.85 bits per heavy atom. The molecule has 0 aliphatic carbocycles. The van der Waals surface area contributed by atoms with Crippen LogP contribution in [0.3, 0.4) is 0 Å². The molecule has 6 heteroatoms. The van der Waals surface area contributed by atoms with Crippen molar-refractivity contribution in [2.45, 2.75) is 6.54 Å². The van der Waals surface area contributed by atoms with Gasteiger partial charge in [0.25, 0.3) is 0 Å². The predicted octanol–water partition coefficient (Wildman–Crippen LogP) is 0.989. The van der Waals surface area contributed by atoms with Crippen LogP contribution in [-0.4, -0.2) is 53.3 Å². The molecule has 1 aromatic carbocycles. The molecule has 2 heterocycles. The maximum atomic E-state index is 5.66. The molecule has 0 atom stereocenters. The zero-order valence-corrected chi connectivity index (χ0v) is 11.6. The Morgan fingerprint density at radius 3 is 2.60 bits per heavy atom. The smallest absolute Gasteiger partial charge is 0.247 e. The summed E-state index contributed by atoms with van der Waals surface area (Å²) in [4.78, 5) is 2.32. The Hall–Kier alpha value is -1.76. The number of hydrazine groups is 1. The molecule has 1 N–H and O–H groups in total. The lowest BCUT2D eigenvalue weighted by Crippen LogP contribution is -2.50. The van der Waals surface area contributed by atoms with Crippen LogP contribution >= 0.6 is 0 Å². The molecule has 0 unspecified atom stereocenters. The van der Waals surface area contributed by atoms with E-state index in [1.807, 2.05) is 30.3 Å². The molecule has 1 saturated heterocycles. The predicted molar refractivity (Wildman–Crippen MR) is 75.6 cm³/mol. The zero-order valence-electron chi connectivity index (χ0n) is 11.6. The van der Waals surface area contributed by atoms with Gasteiger partial charge in [-0.2, -0.15) is 0 Å². The van der Waals surface area contributed by atoms with Crippen molar-refractivity contribution in [1.82, 2.24) is 25.5 Å². The van der Waals surface area contributed by atoms with E-state index in [-0.39, 0.29) is 0 Å². The van der Waals surface area contributed by atoms with Crippen LogP contribution in [0.4, 0.5) is 0 Å². The second-order valence-electron chi connectivity index (χ2n) is 4.99. The SMILES string of the molecule is CN1CCN(NCc2nnc(-c3ccccc3)o2)CC1. The first-order valence-electron chi connectivity index (χ1n) is 6.86. The maximum Gasteiger partial charge on any atom is 0.247 e. The molecule has 0 amide bonds. The van der Waals surface area contributed by atoms with Crippen LogP contribution in [0.5, 0.6) is 0 Å². The second kappa shape index (κ2) is 6.13. The highest BCUT2D eigenvalue weighted by Crippen LogP contribution is 2.16. The van der Waals surface area contributed by atoms with Gasteiger partial charge < -0.3 is 9.32 Å². The Balaban J connectivity index is 1.55. The van der Waals surface area contributed by atoms with Gasteiger partial charge in [-0.05, 0) is 19.2 Å². The number of benzene rings is 1. The van der Waals surface area contributed by atoms with E-state index in [4.69, 9.17) is 4.42 Å². The van der Waals surface area contributed by atoms with Crippen molar-refractivity contribution in [3.8, 4) is 11.5 Å². The number of hydrogen-bond acceptors (Lipinski definition) is 6. The molecule has 1 fully saturated rings. The number of likely N-dealkylation sites (N-methyl/N-ethyl adjacent to an activating group) is 1. The number of nitrogens with one attached hydrogen (secondary N) is 1. The lowest BCUT2D eigenvalue weighted by molar-refractivity contribution is 0.0984. The summed E-state index contributed by atoms with van der Waals surface area (Å²) in [5.74, 6) is 1.18. The average molecular weight is 273 g/mol. The molecule has 0 saturated carbocycles. The third-order valence-electron chi connectivity index (χ3n) is 3.44. The van der Waals surface area contributed by atoms with Gasteiger partial charge in [-0.3, -0.25) is 0 Å². The van der Waals surface area contributed by atoms with Gasteiger partial charge in [0.15, 0.2) is 0 Å². The van der Waals surface area contributed by atoms with Gasteiger partial charge in [0.05, 0.1) is 6.54 Å². The van der Waals surface area contributed by atoms with Gasteiger partial charge in [0, 0.05) is 31.7 Å². The lowest BCUT2D eigenvalue weighted by Gasteiger charge is -2.32. The molecule has 6 nitrogen and oxygen atoms in total. The summed E-state index contributed by atoms with van der Waals surface area (Å²) >= 11 is 0. The van der Waals surface area contributed by atoms with Crippen molar-refractivity contribution in [2.75, 3.05) is 33.2 Å². The van der Waals surface area contributed by atoms with Crippen LogP contribution in [0.2, 0.25) is 0 Å². The Labute approximate surface area is 118 Å². The van der Waals surface area contributed by atoms with E-state index in [0.717, 1.165) is 31.7 Å². The standard InChI is InChI=1S/C14H19N5O/c1-18-7-9-19(10-8-18)15-11-13-16-17-14(20-13)12-5-3-2-4-6-12/h2-6,15H,7-11H2,1H3. The number of aromatic nitrogens is 2. The molecule has 3 rings (SSSR count). The highest BCUT2D eigenvalue weighted by Gasteiger charge is 2.14. The van der Waals surface area contributed by atoms with Gasteiger partial charge in [0.1, 0.15) is 0 Å². The summed E-state index contributed by atoms with van der Waals surface area (Å²) in [5, 5.41) is 10.4. The molecular formula is C14H19N5O. The summed E-state index contributed by atoms with van der Waals surface area (Å²) in [6.45, 7) is 4.74. The fourth-order valence-electron chi connectivity index (χ4n) is 2.17. The minimum absolute atomic E-state index is 0.570. The van der Waals surface area contributed by atoms with Gasteiger partial charge in [-0.15, -0.1) is 10.2 Å². The van der Waals surface area contributed by atoms with E-state index in [2.05, 4.69) is 32.6 Å². The third kappa shape index (κ3) is 3.22. The Morgan fingerprint density at radius 1 is 1.10 bits per heavy atom. The zero-order chi connectivity index (χ0) is 13.8. The van der Waals surface area contributed by atoms with E-state index >= 15 is 0 Å². The van der Waals surface area contributed by atoms with Crippen LogP contribution in [0, 0.1) is 0 Å². The van der Waals surface area contributed by atoms with Crippen LogP contribution < -0.4 is 5.43 Å². The molecule has 106 valence electrons. The van der Waals surface area contributed by atoms with Gasteiger partial charge in [0.2, 0.25) is 11.8 Å². The molecule has 0 bridgehead atoms. The summed E-state index contributed by atoms with van der Waals surface area (Å²) in [6.07, 6.45) is 0. The number of hydrogen-bond donors (Lipinski definition) is 1. The molecule has 1 aromatic heterocycles. The van der Waals surface area contributed by atoms with Gasteiger partial charge in [-0.25, -0.2) is 10.4 Å². The van der Waals surface area contributed by atoms with Gasteiger partial charge in [-0.1, -0.05) is 18.2 Å². The minimum Gasteiger partial charge on any atom is -0.419 e. The first kappa shape index (κ1) is 13.2. The quantitative estimate of drug-likeness (QED) is 0.896. The van der Waals surface area contributed by atoms with Crippen molar-refractivity contribution >= 4 is 0 Å². The van der Waals surface area contributed by atoms with Crippen molar-refractivity contribution in [2.24, 2.45) is 0 Å². The first-order valence-corrected chi connectivity index (χ1v) is 6.86. The van der Waals surface area contributed by atoms with Crippen LogP contribution in [0.1, 0.15) is 5.89 Å². The number of nitrogens with zero attached hydrogens (tertiary/aromatic N) is 4. The molecule has 2 aromatic rings. The van der Waals surface area contributed by atoms with Crippen LogP contribution in [-0.2, 0) is 6.54 Å². The van der Waals surface area contributed by atoms with Gasteiger partial charge >= 0.3 is 0 Å². The molecular weight excluding hydrogens is 254 g/mol. The number of piperazine rings is 1. The Kier molecular flexibility index (Phi) is 4.05. The largest absolute Gasteiger partial charge is 0.419 e. The normalized spacial score (nSPS) is 17.4. The minimum atomic E-state index is 0.570. The monoisotopic (exact) mass is 273 g/mol. The highest BCUT2D eigenvalue weighted by molar-refractivity contribution is 5.51. The molecule has 0 radical (unpaired) electrons. The van der Waals surface area contributed by atoms with Crippen LogP contribution in [0.15, 0.2) is 34.7 Å². The van der Waals surface area contributed by atoms with Crippen molar-refractivity contribution in [3.63, 3.8) is 0 Å². The summed E-state index contributed by atoms with van der Waals surface area (Å²) in [5.41, 5.74) is 4.28. The van der Waals surface area contributed by atoms with Crippen molar-refractivity contribution < 1.29 is 4.42 Å². The van der Waals surface area contributed by atoms with E-state index in [0.29, 0.717) is 18.3 Å². The van der Waals surface area contributed by atoms with E-state index < -0.39 is 0 Å². The summed E-state index contributed by atoms with van der Waals surface area (Å²) in [7, 11) is 2.14. The van der Waals surface area contributed by atoms with Crippen LogP contribution in [0.25, 0.3) is 11.5 Å². The average Bonchev–Trinajstić information content (AvgIpc) is 2.97. The molecule has 1 aliphatic heterocycles. The Bertz CT molecular complexity index is 534. The number of rotatable bonds is 4.